The quantitative estimate of drug-likeness (QED) is 0.825. The Bertz CT molecular complexity index is 377. The van der Waals surface area contributed by atoms with E-state index in [2.05, 4.69) is 17.3 Å². The van der Waals surface area contributed by atoms with E-state index in [-0.39, 0.29) is 5.41 Å². The molecule has 0 bridgehead atoms. The zero-order valence-electron chi connectivity index (χ0n) is 9.99. The second-order valence-electron chi connectivity index (χ2n) is 4.89. The van der Waals surface area contributed by atoms with E-state index in [0.29, 0.717) is 12.2 Å². The summed E-state index contributed by atoms with van der Waals surface area (Å²) in [5.74, 6) is 0.327. The van der Waals surface area contributed by atoms with Crippen LogP contribution in [0.5, 0.6) is 0 Å². The van der Waals surface area contributed by atoms with Gasteiger partial charge in [0.25, 0.3) is 0 Å². The number of rotatable bonds is 3. The molecule has 0 saturated carbocycles. The summed E-state index contributed by atoms with van der Waals surface area (Å²) in [5.41, 5.74) is 0.732. The topological polar surface area (TPSA) is 46.9 Å². The highest BCUT2D eigenvalue weighted by Gasteiger charge is 2.34. The molecule has 4 heteroatoms. The van der Waals surface area contributed by atoms with E-state index < -0.39 is 0 Å². The molecule has 1 N–H and O–H groups in total. The van der Waals surface area contributed by atoms with E-state index in [1.165, 1.54) is 0 Å². The third kappa shape index (κ3) is 2.32. The summed E-state index contributed by atoms with van der Waals surface area (Å²) in [4.78, 5) is 12.2. The number of carbonyl (C=O) groups is 1. The maximum absolute atomic E-state index is 12.2. The summed E-state index contributed by atoms with van der Waals surface area (Å²) in [7, 11) is 1.88. The number of aromatic nitrogens is 2. The highest BCUT2D eigenvalue weighted by atomic mass is 16.1. The normalized spacial score (nSPS) is 19.6. The van der Waals surface area contributed by atoms with Crippen LogP contribution < -0.4 is 5.32 Å². The van der Waals surface area contributed by atoms with Gasteiger partial charge in [0.15, 0.2) is 0 Å². The largest absolute Gasteiger partial charge is 0.317 e. The second-order valence-corrected chi connectivity index (χ2v) is 4.89. The lowest BCUT2D eigenvalue weighted by atomic mass is 9.76. The molecule has 2 heterocycles. The summed E-state index contributed by atoms with van der Waals surface area (Å²) in [5, 5.41) is 7.55. The molecule has 16 heavy (non-hydrogen) atoms. The predicted octanol–water partition coefficient (Wildman–Crippen LogP) is 0.921. The van der Waals surface area contributed by atoms with Crippen LogP contribution in [-0.4, -0.2) is 28.7 Å². The van der Waals surface area contributed by atoms with Gasteiger partial charge in [-0.3, -0.25) is 9.48 Å². The van der Waals surface area contributed by atoms with Gasteiger partial charge in [-0.2, -0.15) is 5.10 Å². The molecule has 1 fully saturated rings. The number of nitrogens with one attached hydrogen (secondary N) is 1. The van der Waals surface area contributed by atoms with Crippen LogP contribution in [-0.2, 0) is 18.3 Å². The van der Waals surface area contributed by atoms with Crippen molar-refractivity contribution in [2.75, 3.05) is 13.1 Å². The van der Waals surface area contributed by atoms with Crippen LogP contribution in [0.1, 0.15) is 25.5 Å². The van der Waals surface area contributed by atoms with Crippen LogP contribution in [0.3, 0.4) is 0 Å². The SMILES string of the molecule is Cn1ccc(CC(=O)C2(C)CCNCC2)n1. The molecular weight excluding hydrogens is 202 g/mol. The molecule has 1 aromatic rings. The van der Waals surface area contributed by atoms with Gasteiger partial charge < -0.3 is 5.32 Å². The van der Waals surface area contributed by atoms with Gasteiger partial charge in [-0.25, -0.2) is 0 Å². The molecule has 1 saturated heterocycles. The summed E-state index contributed by atoms with van der Waals surface area (Å²) < 4.78 is 1.74. The minimum atomic E-state index is -0.150. The Balaban J connectivity index is 2.01. The number of hydrogen-bond acceptors (Lipinski definition) is 3. The molecule has 1 aliphatic rings. The first-order valence-electron chi connectivity index (χ1n) is 5.83. The van der Waals surface area contributed by atoms with Crippen LogP contribution in [0.4, 0.5) is 0 Å². The Morgan fingerprint density at radius 2 is 2.25 bits per heavy atom. The van der Waals surface area contributed by atoms with Gasteiger partial charge >= 0.3 is 0 Å². The lowest BCUT2D eigenvalue weighted by Crippen LogP contribution is -2.40. The van der Waals surface area contributed by atoms with Crippen molar-refractivity contribution in [1.82, 2.24) is 15.1 Å². The molecule has 2 rings (SSSR count). The van der Waals surface area contributed by atoms with Crippen LogP contribution >= 0.6 is 0 Å². The van der Waals surface area contributed by atoms with E-state index in [1.54, 1.807) is 4.68 Å². The van der Waals surface area contributed by atoms with Gasteiger partial charge in [-0.05, 0) is 32.0 Å². The Morgan fingerprint density at radius 3 is 2.81 bits per heavy atom. The molecule has 0 radical (unpaired) electrons. The van der Waals surface area contributed by atoms with Crippen LogP contribution in [0, 0.1) is 5.41 Å². The first-order valence-corrected chi connectivity index (χ1v) is 5.83. The molecule has 88 valence electrons. The molecule has 4 nitrogen and oxygen atoms in total. The third-order valence-corrected chi connectivity index (χ3v) is 3.49. The highest BCUT2D eigenvalue weighted by Crippen LogP contribution is 2.30. The summed E-state index contributed by atoms with van der Waals surface area (Å²) in [6, 6.07) is 1.92. The molecule has 1 aromatic heterocycles. The van der Waals surface area contributed by atoms with Gasteiger partial charge in [-0.1, -0.05) is 6.92 Å². The zero-order chi connectivity index (χ0) is 11.6. The monoisotopic (exact) mass is 221 g/mol. The minimum absolute atomic E-state index is 0.150. The fourth-order valence-corrected chi connectivity index (χ4v) is 2.19. The van der Waals surface area contributed by atoms with Crippen molar-refractivity contribution < 1.29 is 4.79 Å². The van der Waals surface area contributed by atoms with E-state index in [4.69, 9.17) is 0 Å². The van der Waals surface area contributed by atoms with Crippen LogP contribution in [0.25, 0.3) is 0 Å². The third-order valence-electron chi connectivity index (χ3n) is 3.49. The van der Waals surface area contributed by atoms with E-state index in [9.17, 15) is 4.79 Å². The number of nitrogens with zero attached hydrogens (tertiary/aromatic N) is 2. The Hall–Kier alpha value is -1.16. The standard InChI is InChI=1S/C12H19N3O/c1-12(4-6-13-7-5-12)11(16)9-10-3-8-15(2)14-10/h3,8,13H,4-7,9H2,1-2H3. The smallest absolute Gasteiger partial charge is 0.144 e. The first-order chi connectivity index (χ1) is 7.60. The molecule has 0 spiro atoms. The maximum atomic E-state index is 12.2. The predicted molar refractivity (Wildman–Crippen MR) is 62.1 cm³/mol. The van der Waals surface area contributed by atoms with E-state index in [1.807, 2.05) is 19.3 Å². The Morgan fingerprint density at radius 1 is 1.56 bits per heavy atom. The lowest BCUT2D eigenvalue weighted by Gasteiger charge is -2.32. The van der Waals surface area contributed by atoms with E-state index in [0.717, 1.165) is 31.6 Å². The summed E-state index contributed by atoms with van der Waals surface area (Å²) >= 11 is 0. The van der Waals surface area contributed by atoms with Gasteiger partial charge in [0, 0.05) is 18.7 Å². The first kappa shape index (κ1) is 11.3. The average molecular weight is 221 g/mol. The van der Waals surface area contributed by atoms with Crippen LogP contribution in [0.2, 0.25) is 0 Å². The van der Waals surface area contributed by atoms with Gasteiger partial charge in [0.2, 0.25) is 0 Å². The minimum Gasteiger partial charge on any atom is -0.317 e. The van der Waals surface area contributed by atoms with Crippen molar-refractivity contribution in [2.24, 2.45) is 12.5 Å². The van der Waals surface area contributed by atoms with Crippen molar-refractivity contribution in [1.29, 1.82) is 0 Å². The number of hydrogen-bond donors (Lipinski definition) is 1. The number of aryl methyl sites for hydroxylation is 1. The molecule has 0 unspecified atom stereocenters. The zero-order valence-corrected chi connectivity index (χ0v) is 9.99. The molecule has 1 aliphatic heterocycles. The number of piperidine rings is 1. The lowest BCUT2D eigenvalue weighted by molar-refractivity contribution is -0.128. The summed E-state index contributed by atoms with van der Waals surface area (Å²) in [6.45, 7) is 3.98. The average Bonchev–Trinajstić information content (AvgIpc) is 2.65. The molecule has 0 aromatic carbocycles. The Kier molecular flexibility index (Phi) is 3.10. The van der Waals surface area contributed by atoms with E-state index >= 15 is 0 Å². The molecule has 0 aliphatic carbocycles. The molecule has 0 atom stereocenters. The highest BCUT2D eigenvalue weighted by molar-refractivity contribution is 5.86. The maximum Gasteiger partial charge on any atom is 0.144 e. The fourth-order valence-electron chi connectivity index (χ4n) is 2.19. The molecule has 0 amide bonds. The van der Waals surface area contributed by atoms with Crippen molar-refractivity contribution in [3.05, 3.63) is 18.0 Å². The molecular formula is C12H19N3O. The number of carbonyl (C=O) groups excluding carboxylic acids is 1. The van der Waals surface area contributed by atoms with Gasteiger partial charge in [-0.15, -0.1) is 0 Å². The van der Waals surface area contributed by atoms with Gasteiger partial charge in [0.1, 0.15) is 5.78 Å². The summed E-state index contributed by atoms with van der Waals surface area (Å²) in [6.07, 6.45) is 4.24. The van der Waals surface area contributed by atoms with Gasteiger partial charge in [0.05, 0.1) is 12.1 Å². The second kappa shape index (κ2) is 4.37. The number of ketones is 1. The Labute approximate surface area is 96.0 Å². The van der Waals surface area contributed by atoms with Crippen LogP contribution in [0.15, 0.2) is 12.3 Å². The number of Topliss-reactive ketones (excluding diaryl/α,β-unsaturated/α-hetero) is 1. The van der Waals surface area contributed by atoms with Crippen molar-refractivity contribution >= 4 is 5.78 Å². The van der Waals surface area contributed by atoms with Crippen molar-refractivity contribution in [3.8, 4) is 0 Å². The van der Waals surface area contributed by atoms with Crippen molar-refractivity contribution in [2.45, 2.75) is 26.2 Å². The van der Waals surface area contributed by atoms with Crippen molar-refractivity contribution in [3.63, 3.8) is 0 Å². The fraction of sp³-hybridized carbons (Fsp3) is 0.667.